The summed E-state index contributed by atoms with van der Waals surface area (Å²) >= 11 is 0. The van der Waals surface area contributed by atoms with E-state index in [9.17, 15) is 4.79 Å². The number of aryl methyl sites for hydroxylation is 1. The average molecular weight is 291 g/mol. The molecule has 1 aliphatic heterocycles. The number of carbonyl (C=O) groups is 1. The molecule has 0 aliphatic carbocycles. The van der Waals surface area contributed by atoms with Crippen molar-refractivity contribution >= 4 is 5.91 Å². The van der Waals surface area contributed by atoms with Crippen LogP contribution < -0.4 is 11.1 Å². The van der Waals surface area contributed by atoms with Crippen LogP contribution in [-0.4, -0.2) is 56.2 Å². The Morgan fingerprint density at radius 1 is 1.29 bits per heavy atom. The fourth-order valence-electron chi connectivity index (χ4n) is 2.39. The van der Waals surface area contributed by atoms with Crippen LogP contribution in [0, 0.1) is 0 Å². The van der Waals surface area contributed by atoms with Crippen molar-refractivity contribution in [3.63, 3.8) is 0 Å². The number of hydrogen-bond acceptors (Lipinski definition) is 4. The molecule has 1 aliphatic rings. The lowest BCUT2D eigenvalue weighted by Crippen LogP contribution is -2.45. The molecule has 0 bridgehead atoms. The highest BCUT2D eigenvalue weighted by Crippen LogP contribution is 2.04. The first-order valence-corrected chi connectivity index (χ1v) is 7.63. The molecule has 0 spiro atoms. The maximum atomic E-state index is 11.9. The summed E-state index contributed by atoms with van der Waals surface area (Å²) in [6.07, 6.45) is 1.51. The lowest BCUT2D eigenvalue weighted by Gasteiger charge is -2.26. The number of nitrogens with two attached hydrogens (primary N) is 1. The fourth-order valence-corrected chi connectivity index (χ4v) is 2.39. The maximum Gasteiger partial charge on any atom is 0.236 e. The van der Waals surface area contributed by atoms with Gasteiger partial charge in [-0.3, -0.25) is 9.69 Å². The second-order valence-corrected chi connectivity index (χ2v) is 5.38. The van der Waals surface area contributed by atoms with Crippen LogP contribution in [0.4, 0.5) is 0 Å². The summed E-state index contributed by atoms with van der Waals surface area (Å²) in [5.74, 6) is -0.0563. The average Bonchev–Trinajstić information content (AvgIpc) is 2.54. The molecule has 1 saturated heterocycles. The number of morpholine rings is 1. The predicted octanol–water partition coefficient (Wildman–Crippen LogP) is 0.395. The number of benzene rings is 1. The van der Waals surface area contributed by atoms with E-state index in [2.05, 4.69) is 22.3 Å². The van der Waals surface area contributed by atoms with Crippen LogP contribution in [-0.2, 0) is 16.0 Å². The quantitative estimate of drug-likeness (QED) is 0.763. The first-order chi connectivity index (χ1) is 10.3. The zero-order valence-electron chi connectivity index (χ0n) is 12.5. The number of carbonyl (C=O) groups excluding carboxylic acids is 1. The molecule has 1 amide bonds. The minimum Gasteiger partial charge on any atom is -0.379 e. The smallest absolute Gasteiger partial charge is 0.236 e. The molecule has 1 aromatic carbocycles. The second kappa shape index (κ2) is 8.77. The SMILES string of the molecule is NC(CCc1ccccc1)C(=O)NCCN1CCOCC1. The van der Waals surface area contributed by atoms with Crippen molar-refractivity contribution in [2.24, 2.45) is 5.73 Å². The molecule has 3 N–H and O–H groups in total. The molecule has 5 heteroatoms. The lowest BCUT2D eigenvalue weighted by atomic mass is 10.1. The van der Waals surface area contributed by atoms with Gasteiger partial charge in [0.2, 0.25) is 5.91 Å². The molecule has 5 nitrogen and oxygen atoms in total. The highest BCUT2D eigenvalue weighted by molar-refractivity contribution is 5.81. The first-order valence-electron chi connectivity index (χ1n) is 7.63. The molecule has 2 rings (SSSR count). The van der Waals surface area contributed by atoms with Crippen molar-refractivity contribution in [3.05, 3.63) is 35.9 Å². The van der Waals surface area contributed by atoms with Crippen LogP contribution in [0.1, 0.15) is 12.0 Å². The lowest BCUT2D eigenvalue weighted by molar-refractivity contribution is -0.122. The minimum absolute atomic E-state index is 0.0563. The Hall–Kier alpha value is -1.43. The van der Waals surface area contributed by atoms with Crippen molar-refractivity contribution in [3.8, 4) is 0 Å². The van der Waals surface area contributed by atoms with Crippen molar-refractivity contribution < 1.29 is 9.53 Å². The Morgan fingerprint density at radius 2 is 2.00 bits per heavy atom. The largest absolute Gasteiger partial charge is 0.379 e. The van der Waals surface area contributed by atoms with Gasteiger partial charge in [-0.15, -0.1) is 0 Å². The molecular weight excluding hydrogens is 266 g/mol. The molecule has 21 heavy (non-hydrogen) atoms. The topological polar surface area (TPSA) is 67.6 Å². The Labute approximate surface area is 126 Å². The van der Waals surface area contributed by atoms with Gasteiger partial charge in [0.15, 0.2) is 0 Å². The van der Waals surface area contributed by atoms with Gasteiger partial charge in [-0.2, -0.15) is 0 Å². The highest BCUT2D eigenvalue weighted by atomic mass is 16.5. The third-order valence-electron chi connectivity index (χ3n) is 3.75. The number of nitrogens with zero attached hydrogens (tertiary/aromatic N) is 1. The van der Waals surface area contributed by atoms with E-state index < -0.39 is 6.04 Å². The predicted molar refractivity (Wildman–Crippen MR) is 83.0 cm³/mol. The van der Waals surface area contributed by atoms with Gasteiger partial charge in [0.1, 0.15) is 0 Å². The van der Waals surface area contributed by atoms with Gasteiger partial charge in [-0.25, -0.2) is 0 Å². The number of amides is 1. The molecule has 1 atom stereocenters. The van der Waals surface area contributed by atoms with Crippen molar-refractivity contribution in [1.82, 2.24) is 10.2 Å². The molecule has 1 heterocycles. The van der Waals surface area contributed by atoms with E-state index >= 15 is 0 Å². The highest BCUT2D eigenvalue weighted by Gasteiger charge is 2.14. The third-order valence-corrected chi connectivity index (χ3v) is 3.75. The van der Waals surface area contributed by atoms with E-state index in [4.69, 9.17) is 10.5 Å². The van der Waals surface area contributed by atoms with E-state index in [0.29, 0.717) is 13.0 Å². The molecule has 116 valence electrons. The molecule has 0 saturated carbocycles. The second-order valence-electron chi connectivity index (χ2n) is 5.38. The summed E-state index contributed by atoms with van der Waals surface area (Å²) in [4.78, 5) is 14.2. The van der Waals surface area contributed by atoms with Crippen molar-refractivity contribution in [1.29, 1.82) is 0 Å². The molecular formula is C16H25N3O2. The van der Waals surface area contributed by atoms with E-state index in [1.807, 2.05) is 18.2 Å². The number of hydrogen-bond donors (Lipinski definition) is 2. The van der Waals surface area contributed by atoms with Gasteiger partial charge < -0.3 is 15.8 Å². The minimum atomic E-state index is -0.435. The zero-order valence-corrected chi connectivity index (χ0v) is 12.5. The van der Waals surface area contributed by atoms with Crippen LogP contribution >= 0.6 is 0 Å². The van der Waals surface area contributed by atoms with Crippen molar-refractivity contribution in [2.45, 2.75) is 18.9 Å². The standard InChI is InChI=1S/C16H25N3O2/c17-15(7-6-14-4-2-1-3-5-14)16(20)18-8-9-19-10-12-21-13-11-19/h1-5,15H,6-13,17H2,(H,18,20). The molecule has 0 radical (unpaired) electrons. The monoisotopic (exact) mass is 291 g/mol. The van der Waals surface area contributed by atoms with E-state index in [1.54, 1.807) is 0 Å². The van der Waals surface area contributed by atoms with Crippen LogP contribution in [0.5, 0.6) is 0 Å². The van der Waals surface area contributed by atoms with Gasteiger partial charge >= 0.3 is 0 Å². The number of ether oxygens (including phenoxy) is 1. The summed E-state index contributed by atoms with van der Waals surface area (Å²) in [7, 11) is 0. The molecule has 1 fully saturated rings. The van der Waals surface area contributed by atoms with Crippen molar-refractivity contribution in [2.75, 3.05) is 39.4 Å². The maximum absolute atomic E-state index is 11.9. The third kappa shape index (κ3) is 5.83. The van der Waals surface area contributed by atoms with Crippen LogP contribution in [0.15, 0.2) is 30.3 Å². The molecule has 0 aromatic heterocycles. The first kappa shape index (κ1) is 15.9. The summed E-state index contributed by atoms with van der Waals surface area (Å²) in [5, 5.41) is 2.92. The van der Waals surface area contributed by atoms with Crippen LogP contribution in [0.2, 0.25) is 0 Å². The number of rotatable bonds is 7. The Balaban J connectivity index is 1.60. The van der Waals surface area contributed by atoms with E-state index in [0.717, 1.165) is 39.3 Å². The van der Waals surface area contributed by atoms with E-state index in [-0.39, 0.29) is 5.91 Å². The van der Waals surface area contributed by atoms with Gasteiger partial charge in [0.05, 0.1) is 19.3 Å². The van der Waals surface area contributed by atoms with Gasteiger partial charge in [0, 0.05) is 26.2 Å². The molecule has 1 unspecified atom stereocenters. The summed E-state index contributed by atoms with van der Waals surface area (Å²) in [5.41, 5.74) is 7.16. The fraction of sp³-hybridized carbons (Fsp3) is 0.562. The van der Waals surface area contributed by atoms with E-state index in [1.165, 1.54) is 5.56 Å². The normalized spacial score (nSPS) is 17.4. The van der Waals surface area contributed by atoms with Crippen LogP contribution in [0.25, 0.3) is 0 Å². The number of nitrogens with one attached hydrogen (secondary N) is 1. The Kier molecular flexibility index (Phi) is 6.66. The summed E-state index contributed by atoms with van der Waals surface area (Å²) in [6, 6.07) is 9.68. The molecule has 1 aromatic rings. The zero-order chi connectivity index (χ0) is 14.9. The van der Waals surface area contributed by atoms with Gasteiger partial charge in [0.25, 0.3) is 0 Å². The Morgan fingerprint density at radius 3 is 2.71 bits per heavy atom. The van der Waals surface area contributed by atoms with Gasteiger partial charge in [-0.1, -0.05) is 30.3 Å². The Bertz CT molecular complexity index is 419. The summed E-state index contributed by atoms with van der Waals surface area (Å²) < 4.78 is 5.29. The summed E-state index contributed by atoms with van der Waals surface area (Å²) in [6.45, 7) is 4.96. The van der Waals surface area contributed by atoms with Gasteiger partial charge in [-0.05, 0) is 18.4 Å². The van der Waals surface area contributed by atoms with Crippen LogP contribution in [0.3, 0.4) is 0 Å².